The maximum atomic E-state index is 11.2. The monoisotopic (exact) mass is 254 g/mol. The first-order valence-electron chi connectivity index (χ1n) is 6.44. The number of aliphatic hydroxyl groups excluding tert-OH is 1. The second-order valence-electron chi connectivity index (χ2n) is 4.59. The minimum absolute atomic E-state index is 0.491. The van der Waals surface area contributed by atoms with Crippen molar-refractivity contribution in [3.05, 3.63) is 17.5 Å². The topological polar surface area (TPSA) is 75.3 Å². The van der Waals surface area contributed by atoms with Crippen molar-refractivity contribution in [3.63, 3.8) is 0 Å². The molecule has 0 saturated heterocycles. The van der Waals surface area contributed by atoms with Gasteiger partial charge in [0, 0.05) is 18.8 Å². The van der Waals surface area contributed by atoms with Crippen molar-refractivity contribution in [3.8, 4) is 0 Å². The SMILES string of the molecule is CCCCC(C(=O)O)C(O)c1cn(C)nc1CC. The Morgan fingerprint density at radius 3 is 2.67 bits per heavy atom. The van der Waals surface area contributed by atoms with Gasteiger partial charge in [0.1, 0.15) is 0 Å². The zero-order valence-electron chi connectivity index (χ0n) is 11.3. The minimum atomic E-state index is -0.974. The fourth-order valence-corrected chi connectivity index (χ4v) is 2.13. The number of nitrogens with zero attached hydrogens (tertiary/aromatic N) is 2. The lowest BCUT2D eigenvalue weighted by Gasteiger charge is -2.18. The first-order valence-corrected chi connectivity index (χ1v) is 6.44. The molecule has 1 heterocycles. The molecule has 0 aliphatic rings. The van der Waals surface area contributed by atoms with Gasteiger partial charge < -0.3 is 10.2 Å². The van der Waals surface area contributed by atoms with E-state index in [1.54, 1.807) is 17.9 Å². The molecule has 5 nitrogen and oxygen atoms in total. The van der Waals surface area contributed by atoms with Gasteiger partial charge in [-0.05, 0) is 12.8 Å². The molecule has 0 radical (unpaired) electrons. The van der Waals surface area contributed by atoms with Crippen LogP contribution in [0.1, 0.15) is 50.5 Å². The molecule has 18 heavy (non-hydrogen) atoms. The zero-order valence-corrected chi connectivity index (χ0v) is 11.3. The summed E-state index contributed by atoms with van der Waals surface area (Å²) in [4.78, 5) is 11.2. The number of aliphatic hydroxyl groups is 1. The Hall–Kier alpha value is -1.36. The van der Waals surface area contributed by atoms with E-state index in [1.807, 2.05) is 13.8 Å². The smallest absolute Gasteiger partial charge is 0.309 e. The van der Waals surface area contributed by atoms with E-state index in [0.717, 1.165) is 18.5 Å². The molecule has 102 valence electrons. The Morgan fingerprint density at radius 1 is 1.50 bits per heavy atom. The second kappa shape index (κ2) is 6.54. The number of aromatic nitrogens is 2. The standard InChI is InChI=1S/C13H22N2O3/c1-4-6-7-9(13(17)18)12(16)10-8-15(3)14-11(10)5-2/h8-9,12,16H,4-7H2,1-3H3,(H,17,18). The van der Waals surface area contributed by atoms with Gasteiger partial charge in [-0.15, -0.1) is 0 Å². The van der Waals surface area contributed by atoms with Crippen LogP contribution in [0.25, 0.3) is 0 Å². The summed E-state index contributed by atoms with van der Waals surface area (Å²) in [7, 11) is 1.77. The minimum Gasteiger partial charge on any atom is -0.481 e. The molecule has 2 N–H and O–H groups in total. The van der Waals surface area contributed by atoms with Crippen LogP contribution in [0.15, 0.2) is 6.20 Å². The van der Waals surface area contributed by atoms with Crippen LogP contribution < -0.4 is 0 Å². The molecule has 0 aromatic carbocycles. The third kappa shape index (κ3) is 3.32. The van der Waals surface area contributed by atoms with Crippen LogP contribution in [0.2, 0.25) is 0 Å². The van der Waals surface area contributed by atoms with Gasteiger partial charge in [0.05, 0.1) is 17.7 Å². The van der Waals surface area contributed by atoms with E-state index in [4.69, 9.17) is 0 Å². The lowest BCUT2D eigenvalue weighted by molar-refractivity contribution is -0.146. The molecule has 0 saturated carbocycles. The van der Waals surface area contributed by atoms with Gasteiger partial charge in [-0.2, -0.15) is 5.10 Å². The van der Waals surface area contributed by atoms with Gasteiger partial charge in [-0.3, -0.25) is 9.48 Å². The molecular weight excluding hydrogens is 232 g/mol. The third-order valence-electron chi connectivity index (χ3n) is 3.16. The first kappa shape index (κ1) is 14.7. The van der Waals surface area contributed by atoms with Crippen molar-refractivity contribution in [1.29, 1.82) is 0 Å². The number of carboxylic acids is 1. The number of unbranched alkanes of at least 4 members (excludes halogenated alkanes) is 1. The quantitative estimate of drug-likeness (QED) is 0.779. The molecule has 0 aliphatic carbocycles. The van der Waals surface area contributed by atoms with Crippen LogP contribution in [0, 0.1) is 5.92 Å². The molecule has 0 fully saturated rings. The molecule has 1 aromatic heterocycles. The number of hydrogen-bond acceptors (Lipinski definition) is 3. The maximum absolute atomic E-state index is 11.2. The highest BCUT2D eigenvalue weighted by Gasteiger charge is 2.29. The van der Waals surface area contributed by atoms with Gasteiger partial charge in [-0.25, -0.2) is 0 Å². The van der Waals surface area contributed by atoms with Crippen molar-refractivity contribution in [1.82, 2.24) is 9.78 Å². The van der Waals surface area contributed by atoms with E-state index in [-0.39, 0.29) is 0 Å². The number of aryl methyl sites for hydroxylation is 2. The lowest BCUT2D eigenvalue weighted by Crippen LogP contribution is -2.22. The molecule has 0 aliphatic heterocycles. The molecule has 0 spiro atoms. The predicted molar refractivity (Wildman–Crippen MR) is 68.2 cm³/mol. The molecule has 1 rings (SSSR count). The molecule has 1 aromatic rings. The van der Waals surface area contributed by atoms with Crippen LogP contribution in [0.4, 0.5) is 0 Å². The normalized spacial score (nSPS) is 14.4. The summed E-state index contributed by atoms with van der Waals surface area (Å²) >= 11 is 0. The summed E-state index contributed by atoms with van der Waals surface area (Å²) in [5, 5.41) is 23.7. The van der Waals surface area contributed by atoms with E-state index < -0.39 is 18.0 Å². The van der Waals surface area contributed by atoms with Crippen molar-refractivity contribution in [2.45, 2.75) is 45.6 Å². The Morgan fingerprint density at radius 2 is 2.17 bits per heavy atom. The highest BCUT2D eigenvalue weighted by Crippen LogP contribution is 2.28. The fourth-order valence-electron chi connectivity index (χ4n) is 2.13. The Labute approximate surface area is 107 Å². The van der Waals surface area contributed by atoms with Crippen molar-refractivity contribution < 1.29 is 15.0 Å². The Kier molecular flexibility index (Phi) is 5.34. The van der Waals surface area contributed by atoms with Crippen LogP contribution >= 0.6 is 0 Å². The van der Waals surface area contributed by atoms with E-state index in [1.165, 1.54) is 0 Å². The highest BCUT2D eigenvalue weighted by molar-refractivity contribution is 5.71. The van der Waals surface area contributed by atoms with Gasteiger partial charge in [-0.1, -0.05) is 26.7 Å². The van der Waals surface area contributed by atoms with E-state index in [9.17, 15) is 15.0 Å². The van der Waals surface area contributed by atoms with E-state index >= 15 is 0 Å². The third-order valence-corrected chi connectivity index (χ3v) is 3.16. The summed E-state index contributed by atoms with van der Waals surface area (Å²) < 4.78 is 1.62. The molecule has 2 atom stereocenters. The first-order chi connectivity index (χ1) is 8.51. The zero-order chi connectivity index (χ0) is 13.7. The maximum Gasteiger partial charge on any atom is 0.309 e. The number of rotatable bonds is 7. The second-order valence-corrected chi connectivity index (χ2v) is 4.59. The van der Waals surface area contributed by atoms with Gasteiger partial charge in [0.15, 0.2) is 0 Å². The van der Waals surface area contributed by atoms with Gasteiger partial charge >= 0.3 is 5.97 Å². The summed E-state index contributed by atoms with van der Waals surface area (Å²) in [6, 6.07) is 0. The largest absolute Gasteiger partial charge is 0.481 e. The molecular formula is C13H22N2O3. The number of aliphatic carboxylic acids is 1. The Balaban J connectivity index is 2.93. The molecule has 0 amide bonds. The van der Waals surface area contributed by atoms with Gasteiger partial charge in [0.2, 0.25) is 0 Å². The summed E-state index contributed by atoms with van der Waals surface area (Å²) in [6.45, 7) is 3.95. The Bertz CT molecular complexity index is 401. The van der Waals surface area contributed by atoms with Crippen LogP contribution in [-0.2, 0) is 18.3 Å². The molecule has 5 heteroatoms. The van der Waals surface area contributed by atoms with Crippen LogP contribution in [-0.4, -0.2) is 26.0 Å². The van der Waals surface area contributed by atoms with E-state index in [2.05, 4.69) is 5.10 Å². The summed E-state index contributed by atoms with van der Waals surface area (Å²) in [5.41, 5.74) is 1.41. The lowest BCUT2D eigenvalue weighted by atomic mass is 9.91. The van der Waals surface area contributed by atoms with Crippen molar-refractivity contribution >= 4 is 5.97 Å². The summed E-state index contributed by atoms with van der Waals surface area (Å²) in [5.74, 6) is -1.69. The van der Waals surface area contributed by atoms with Crippen molar-refractivity contribution in [2.24, 2.45) is 13.0 Å². The number of carboxylic acid groups (broad SMARTS) is 1. The molecule has 0 bridgehead atoms. The average molecular weight is 254 g/mol. The predicted octanol–water partition coefficient (Wildman–Crippen LogP) is 1.91. The fraction of sp³-hybridized carbons (Fsp3) is 0.692. The van der Waals surface area contributed by atoms with E-state index in [0.29, 0.717) is 18.4 Å². The average Bonchev–Trinajstić information content (AvgIpc) is 2.70. The van der Waals surface area contributed by atoms with Crippen LogP contribution in [0.5, 0.6) is 0 Å². The molecule has 2 unspecified atom stereocenters. The number of carbonyl (C=O) groups is 1. The van der Waals surface area contributed by atoms with Gasteiger partial charge in [0.25, 0.3) is 0 Å². The number of hydrogen-bond donors (Lipinski definition) is 2. The van der Waals surface area contributed by atoms with Crippen LogP contribution in [0.3, 0.4) is 0 Å². The van der Waals surface area contributed by atoms with Crippen molar-refractivity contribution in [2.75, 3.05) is 0 Å². The highest BCUT2D eigenvalue weighted by atomic mass is 16.4. The summed E-state index contributed by atoms with van der Waals surface area (Å²) in [6.07, 6.45) is 3.64.